The molecule has 0 spiro atoms. The Morgan fingerprint density at radius 2 is 2.17 bits per heavy atom. The van der Waals surface area contributed by atoms with E-state index in [9.17, 15) is 14.0 Å². The van der Waals surface area contributed by atoms with Crippen LogP contribution in [0.1, 0.15) is 23.2 Å². The number of carbonyl (C=O) groups excluding carboxylic acids is 1. The van der Waals surface area contributed by atoms with Gasteiger partial charge in [-0.05, 0) is 31.0 Å². The van der Waals surface area contributed by atoms with Crippen LogP contribution in [0.4, 0.5) is 4.39 Å². The molecule has 1 aliphatic carbocycles. The van der Waals surface area contributed by atoms with Crippen molar-refractivity contribution in [1.82, 2.24) is 5.32 Å². The van der Waals surface area contributed by atoms with E-state index in [1.807, 2.05) is 0 Å². The average Bonchev–Trinajstić information content (AvgIpc) is 3.11. The molecule has 1 aliphatic rings. The maximum Gasteiger partial charge on any atom is 0.338 e. The van der Waals surface area contributed by atoms with Gasteiger partial charge in [0.2, 0.25) is 5.91 Å². The summed E-state index contributed by atoms with van der Waals surface area (Å²) in [6.45, 7) is 0. The number of aromatic carboxylic acids is 1. The molecule has 4 nitrogen and oxygen atoms in total. The molecule has 96 valence electrons. The molecular formula is C12H12FNO3S. The summed E-state index contributed by atoms with van der Waals surface area (Å²) in [7, 11) is 0. The maximum atomic E-state index is 13.1. The van der Waals surface area contributed by atoms with Gasteiger partial charge in [-0.3, -0.25) is 4.79 Å². The van der Waals surface area contributed by atoms with Gasteiger partial charge in [0, 0.05) is 10.9 Å². The molecule has 2 N–H and O–H groups in total. The van der Waals surface area contributed by atoms with E-state index in [0.29, 0.717) is 10.9 Å². The lowest BCUT2D eigenvalue weighted by Gasteiger charge is -2.04. The number of hydrogen-bond donors (Lipinski definition) is 2. The third-order valence-corrected chi connectivity index (χ3v) is 3.47. The van der Waals surface area contributed by atoms with Gasteiger partial charge in [0.05, 0.1) is 11.3 Å². The highest BCUT2D eigenvalue weighted by molar-refractivity contribution is 8.00. The zero-order chi connectivity index (χ0) is 13.1. The van der Waals surface area contributed by atoms with E-state index in [1.54, 1.807) is 0 Å². The van der Waals surface area contributed by atoms with Crippen molar-refractivity contribution >= 4 is 23.6 Å². The largest absolute Gasteiger partial charge is 0.478 e. The van der Waals surface area contributed by atoms with Crippen molar-refractivity contribution in [1.29, 1.82) is 0 Å². The molecule has 1 aromatic carbocycles. The number of nitrogens with one attached hydrogen (secondary N) is 1. The summed E-state index contributed by atoms with van der Waals surface area (Å²) in [5.41, 5.74) is -0.373. The van der Waals surface area contributed by atoms with Crippen LogP contribution in [0.25, 0.3) is 0 Å². The fraction of sp³-hybridized carbons (Fsp3) is 0.333. The van der Waals surface area contributed by atoms with Crippen LogP contribution in [0.5, 0.6) is 0 Å². The average molecular weight is 269 g/mol. The Kier molecular flexibility index (Phi) is 3.86. The third kappa shape index (κ3) is 3.46. The summed E-state index contributed by atoms with van der Waals surface area (Å²) in [5, 5.41) is 11.6. The van der Waals surface area contributed by atoms with Crippen LogP contribution in [0.3, 0.4) is 0 Å². The molecule has 0 saturated heterocycles. The van der Waals surface area contributed by atoms with Crippen molar-refractivity contribution in [2.75, 3.05) is 5.75 Å². The molecule has 0 atom stereocenters. The van der Waals surface area contributed by atoms with Crippen LogP contribution in [0.15, 0.2) is 23.1 Å². The minimum Gasteiger partial charge on any atom is -0.478 e. The topological polar surface area (TPSA) is 66.4 Å². The number of hydrogen-bond acceptors (Lipinski definition) is 3. The summed E-state index contributed by atoms with van der Waals surface area (Å²) in [4.78, 5) is 22.7. The van der Waals surface area contributed by atoms with Crippen LogP contribution in [-0.4, -0.2) is 28.8 Å². The molecule has 1 fully saturated rings. The number of thioether (sulfide) groups is 1. The van der Waals surface area contributed by atoms with Gasteiger partial charge in [-0.1, -0.05) is 0 Å². The van der Waals surface area contributed by atoms with Gasteiger partial charge in [0.15, 0.2) is 0 Å². The number of carboxylic acids is 1. The monoisotopic (exact) mass is 269 g/mol. The minimum absolute atomic E-state index is 0.0799. The molecule has 18 heavy (non-hydrogen) atoms. The SMILES string of the molecule is O=C(CSc1ccc(F)c(C(=O)O)c1)NC1CC1. The Bertz CT molecular complexity index is 488. The smallest absolute Gasteiger partial charge is 0.338 e. The van der Waals surface area contributed by atoms with Gasteiger partial charge >= 0.3 is 5.97 Å². The molecule has 0 bridgehead atoms. The lowest BCUT2D eigenvalue weighted by molar-refractivity contribution is -0.118. The molecule has 0 radical (unpaired) electrons. The molecular weight excluding hydrogens is 257 g/mol. The van der Waals surface area contributed by atoms with Crippen molar-refractivity contribution in [2.45, 2.75) is 23.8 Å². The fourth-order valence-corrected chi connectivity index (χ4v) is 2.15. The highest BCUT2D eigenvalue weighted by Crippen LogP contribution is 2.22. The van der Waals surface area contributed by atoms with E-state index in [4.69, 9.17) is 5.11 Å². The molecule has 1 aromatic rings. The number of carboxylic acid groups (broad SMARTS) is 1. The Hall–Kier alpha value is -1.56. The van der Waals surface area contributed by atoms with Crippen LogP contribution in [-0.2, 0) is 4.79 Å². The first-order valence-corrected chi connectivity index (χ1v) is 6.50. The Labute approximate surface area is 108 Å². The van der Waals surface area contributed by atoms with Crippen molar-refractivity contribution in [3.63, 3.8) is 0 Å². The predicted molar refractivity (Wildman–Crippen MR) is 65.2 cm³/mol. The highest BCUT2D eigenvalue weighted by Gasteiger charge is 2.23. The van der Waals surface area contributed by atoms with Gasteiger partial charge in [0.1, 0.15) is 5.82 Å². The number of benzene rings is 1. The number of halogens is 1. The second kappa shape index (κ2) is 5.39. The molecule has 6 heteroatoms. The first-order valence-electron chi connectivity index (χ1n) is 5.51. The predicted octanol–water partition coefficient (Wildman–Crippen LogP) is 1.89. The Morgan fingerprint density at radius 1 is 1.44 bits per heavy atom. The van der Waals surface area contributed by atoms with E-state index in [0.717, 1.165) is 18.9 Å². The lowest BCUT2D eigenvalue weighted by Crippen LogP contribution is -2.26. The summed E-state index contributed by atoms with van der Waals surface area (Å²) in [6.07, 6.45) is 2.05. The molecule has 0 aromatic heterocycles. The zero-order valence-corrected chi connectivity index (χ0v) is 10.3. The van der Waals surface area contributed by atoms with E-state index in [-0.39, 0.29) is 17.2 Å². The number of rotatable bonds is 5. The Morgan fingerprint density at radius 3 is 2.78 bits per heavy atom. The maximum absolute atomic E-state index is 13.1. The molecule has 1 amide bonds. The molecule has 1 saturated carbocycles. The van der Waals surface area contributed by atoms with Crippen molar-refractivity contribution in [3.05, 3.63) is 29.6 Å². The normalized spacial score (nSPS) is 14.3. The van der Waals surface area contributed by atoms with Gasteiger partial charge in [-0.2, -0.15) is 0 Å². The first kappa shape index (κ1) is 12.9. The van der Waals surface area contributed by atoms with Gasteiger partial charge in [-0.15, -0.1) is 11.8 Å². The fourth-order valence-electron chi connectivity index (χ4n) is 1.40. The Balaban J connectivity index is 1.94. The quantitative estimate of drug-likeness (QED) is 0.801. The minimum atomic E-state index is -1.31. The second-order valence-corrected chi connectivity index (χ2v) is 5.13. The van der Waals surface area contributed by atoms with E-state index in [1.165, 1.54) is 23.9 Å². The van der Waals surface area contributed by atoms with Gasteiger partial charge in [-0.25, -0.2) is 9.18 Å². The van der Waals surface area contributed by atoms with Crippen molar-refractivity contribution in [3.8, 4) is 0 Å². The van der Waals surface area contributed by atoms with E-state index < -0.39 is 11.8 Å². The summed E-state index contributed by atoms with van der Waals surface area (Å²) in [6, 6.07) is 4.12. The van der Waals surface area contributed by atoms with Crippen LogP contribution < -0.4 is 5.32 Å². The number of amides is 1. The number of carbonyl (C=O) groups is 2. The zero-order valence-electron chi connectivity index (χ0n) is 9.48. The highest BCUT2D eigenvalue weighted by atomic mass is 32.2. The molecule has 2 rings (SSSR count). The summed E-state index contributed by atoms with van der Waals surface area (Å²) in [5.74, 6) is -1.95. The van der Waals surface area contributed by atoms with Crippen LogP contribution in [0, 0.1) is 5.82 Å². The van der Waals surface area contributed by atoms with Crippen LogP contribution >= 0.6 is 11.8 Å². The summed E-state index contributed by atoms with van der Waals surface area (Å²) >= 11 is 1.20. The third-order valence-electron chi connectivity index (χ3n) is 2.48. The van der Waals surface area contributed by atoms with Gasteiger partial charge < -0.3 is 10.4 Å². The molecule has 0 heterocycles. The van der Waals surface area contributed by atoms with Crippen LogP contribution in [0.2, 0.25) is 0 Å². The second-order valence-electron chi connectivity index (χ2n) is 4.08. The lowest BCUT2D eigenvalue weighted by atomic mass is 10.2. The van der Waals surface area contributed by atoms with Crippen molar-refractivity contribution in [2.24, 2.45) is 0 Å². The molecule has 0 unspecified atom stereocenters. The van der Waals surface area contributed by atoms with Crippen molar-refractivity contribution < 1.29 is 19.1 Å². The standard InChI is InChI=1S/C12H12FNO3S/c13-10-4-3-8(5-9(10)12(16)17)18-6-11(15)14-7-1-2-7/h3-5,7H,1-2,6H2,(H,14,15)(H,16,17). The van der Waals surface area contributed by atoms with E-state index >= 15 is 0 Å². The van der Waals surface area contributed by atoms with Gasteiger partial charge in [0.25, 0.3) is 0 Å². The first-order chi connectivity index (χ1) is 8.56. The summed E-state index contributed by atoms with van der Waals surface area (Å²) < 4.78 is 13.1. The van der Waals surface area contributed by atoms with E-state index in [2.05, 4.69) is 5.32 Å². The molecule has 0 aliphatic heterocycles.